The molecule has 0 radical (unpaired) electrons. The molecule has 0 aliphatic rings. The summed E-state index contributed by atoms with van der Waals surface area (Å²) in [6.07, 6.45) is 0. The van der Waals surface area contributed by atoms with E-state index in [1.54, 1.807) is 16.7 Å². The first-order chi connectivity index (χ1) is 11.5. The number of nitrogens with zero attached hydrogens (tertiary/aromatic N) is 1. The minimum absolute atomic E-state index is 0.0174. The van der Waals surface area contributed by atoms with Crippen LogP contribution < -0.4 is 10.2 Å². The Labute approximate surface area is 157 Å². The van der Waals surface area contributed by atoms with Gasteiger partial charge >= 0.3 is 0 Å². The van der Waals surface area contributed by atoms with Gasteiger partial charge in [0.2, 0.25) is 0 Å². The molecule has 2 amide bonds. The van der Waals surface area contributed by atoms with Crippen LogP contribution >= 0.6 is 27.7 Å². The van der Waals surface area contributed by atoms with Gasteiger partial charge < -0.3 is 15.1 Å². The number of rotatable bonds is 10. The number of hydrogen-bond donors (Lipinski definition) is 2. The van der Waals surface area contributed by atoms with Crippen LogP contribution in [0.15, 0.2) is 33.6 Å². The van der Waals surface area contributed by atoms with Crippen LogP contribution in [0.4, 0.5) is 0 Å². The summed E-state index contributed by atoms with van der Waals surface area (Å²) in [5.74, 6) is 0.900. The van der Waals surface area contributed by atoms with Gasteiger partial charge in [0.15, 0.2) is 13.1 Å². The lowest BCUT2D eigenvalue weighted by Crippen LogP contribution is -3.11. The van der Waals surface area contributed by atoms with E-state index < -0.39 is 0 Å². The van der Waals surface area contributed by atoms with E-state index in [9.17, 15) is 9.59 Å². The third kappa shape index (κ3) is 8.17. The van der Waals surface area contributed by atoms with Crippen LogP contribution in [0.25, 0.3) is 0 Å². The first-order valence-electron chi connectivity index (χ1n) is 8.20. The Morgan fingerprint density at radius 1 is 1.17 bits per heavy atom. The van der Waals surface area contributed by atoms with Gasteiger partial charge in [-0.15, -0.1) is 11.8 Å². The van der Waals surface area contributed by atoms with Gasteiger partial charge in [-0.05, 0) is 38.1 Å². The molecular formula is C17H27BrN3O2S+. The molecule has 7 heteroatoms. The van der Waals surface area contributed by atoms with Crippen molar-refractivity contribution in [2.24, 2.45) is 0 Å². The molecule has 0 bridgehead atoms. The number of thioether (sulfide) groups is 1. The summed E-state index contributed by atoms with van der Waals surface area (Å²) in [6.45, 7) is 6.64. The average molecular weight is 417 g/mol. The zero-order valence-electron chi connectivity index (χ0n) is 14.6. The van der Waals surface area contributed by atoms with Crippen molar-refractivity contribution in [2.45, 2.75) is 18.7 Å². The van der Waals surface area contributed by atoms with Gasteiger partial charge in [-0.2, -0.15) is 0 Å². The van der Waals surface area contributed by atoms with Crippen LogP contribution in [-0.4, -0.2) is 62.2 Å². The fraction of sp³-hybridized carbons (Fsp3) is 0.529. The van der Waals surface area contributed by atoms with Gasteiger partial charge in [-0.1, -0.05) is 15.9 Å². The molecule has 1 aromatic rings. The molecule has 0 heterocycles. The summed E-state index contributed by atoms with van der Waals surface area (Å²) in [7, 11) is 1.87. The summed E-state index contributed by atoms with van der Waals surface area (Å²) in [5, 5.41) is 2.91. The fourth-order valence-electron chi connectivity index (χ4n) is 2.24. The predicted molar refractivity (Wildman–Crippen MR) is 102 cm³/mol. The molecule has 2 N–H and O–H groups in total. The third-order valence-corrected chi connectivity index (χ3v) is 5.08. The highest BCUT2D eigenvalue weighted by Gasteiger charge is 2.17. The standard InChI is InChI=1S/C17H26BrN3O2S/c1-4-21(5-2)17(23)13-20(3)12-16(22)19-10-11-24-15-8-6-14(18)7-9-15/h6-9H,4-5,10-13H2,1-3H3,(H,19,22)/p+1. The Morgan fingerprint density at radius 3 is 2.38 bits per heavy atom. The molecule has 0 fully saturated rings. The number of halogens is 1. The lowest BCUT2D eigenvalue weighted by Gasteiger charge is -2.20. The zero-order valence-corrected chi connectivity index (χ0v) is 17.0. The van der Waals surface area contributed by atoms with Crippen molar-refractivity contribution in [3.05, 3.63) is 28.7 Å². The van der Waals surface area contributed by atoms with E-state index >= 15 is 0 Å². The van der Waals surface area contributed by atoms with E-state index in [1.165, 1.54) is 4.90 Å². The minimum atomic E-state index is -0.0174. The second-order valence-corrected chi connectivity index (χ2v) is 7.61. The Balaban J connectivity index is 2.21. The molecule has 1 unspecified atom stereocenters. The van der Waals surface area contributed by atoms with Crippen molar-refractivity contribution in [1.82, 2.24) is 10.2 Å². The molecule has 0 aliphatic carbocycles. The Morgan fingerprint density at radius 2 is 1.79 bits per heavy atom. The maximum absolute atomic E-state index is 12.0. The maximum atomic E-state index is 12.0. The van der Waals surface area contributed by atoms with Crippen molar-refractivity contribution >= 4 is 39.5 Å². The van der Waals surface area contributed by atoms with Crippen molar-refractivity contribution in [2.75, 3.05) is 45.5 Å². The Kier molecular flexibility index (Phi) is 10.1. The molecule has 0 saturated heterocycles. The second-order valence-electron chi connectivity index (χ2n) is 5.53. The molecule has 5 nitrogen and oxygen atoms in total. The van der Waals surface area contributed by atoms with Gasteiger partial charge in [0.25, 0.3) is 11.8 Å². The normalized spacial score (nSPS) is 11.8. The van der Waals surface area contributed by atoms with Crippen LogP contribution in [0.1, 0.15) is 13.8 Å². The number of likely N-dealkylation sites (N-methyl/N-ethyl adjacent to an activating group) is 2. The van der Waals surface area contributed by atoms with E-state index in [0.29, 0.717) is 32.7 Å². The first-order valence-corrected chi connectivity index (χ1v) is 9.98. The quantitative estimate of drug-likeness (QED) is 0.442. The van der Waals surface area contributed by atoms with E-state index in [2.05, 4.69) is 21.2 Å². The molecule has 0 saturated carbocycles. The number of benzene rings is 1. The van der Waals surface area contributed by atoms with Crippen molar-refractivity contribution < 1.29 is 14.5 Å². The highest BCUT2D eigenvalue weighted by atomic mass is 79.9. The molecule has 0 aromatic heterocycles. The van der Waals surface area contributed by atoms with Gasteiger partial charge in [0, 0.05) is 34.8 Å². The van der Waals surface area contributed by atoms with Crippen LogP contribution in [0, 0.1) is 0 Å². The Bertz CT molecular complexity index is 521. The summed E-state index contributed by atoms with van der Waals surface area (Å²) in [5.41, 5.74) is 0. The second kappa shape index (κ2) is 11.5. The van der Waals surface area contributed by atoms with Gasteiger partial charge in [-0.25, -0.2) is 0 Å². The average Bonchev–Trinajstić information content (AvgIpc) is 2.54. The van der Waals surface area contributed by atoms with Crippen LogP contribution in [0.2, 0.25) is 0 Å². The summed E-state index contributed by atoms with van der Waals surface area (Å²) >= 11 is 5.12. The number of nitrogens with one attached hydrogen (secondary N) is 2. The summed E-state index contributed by atoms with van der Waals surface area (Å²) < 4.78 is 1.06. The predicted octanol–water partition coefficient (Wildman–Crippen LogP) is 1.04. The van der Waals surface area contributed by atoms with E-state index in [4.69, 9.17) is 0 Å². The maximum Gasteiger partial charge on any atom is 0.277 e. The summed E-state index contributed by atoms with van der Waals surface area (Å²) in [4.78, 5) is 27.8. The van der Waals surface area contributed by atoms with Crippen LogP contribution in [0.5, 0.6) is 0 Å². The van der Waals surface area contributed by atoms with E-state index in [-0.39, 0.29) is 11.8 Å². The highest BCUT2D eigenvalue weighted by Crippen LogP contribution is 2.19. The molecule has 1 rings (SSSR count). The Hall–Kier alpha value is -1.05. The van der Waals surface area contributed by atoms with Crippen molar-refractivity contribution in [3.63, 3.8) is 0 Å². The van der Waals surface area contributed by atoms with E-state index in [1.807, 2.05) is 45.2 Å². The number of hydrogen-bond acceptors (Lipinski definition) is 3. The molecule has 1 atom stereocenters. The first kappa shape index (κ1) is 21.0. The van der Waals surface area contributed by atoms with Crippen LogP contribution in [-0.2, 0) is 9.59 Å². The monoisotopic (exact) mass is 416 g/mol. The van der Waals surface area contributed by atoms with Crippen LogP contribution in [0.3, 0.4) is 0 Å². The molecule has 0 spiro atoms. The molecular weight excluding hydrogens is 390 g/mol. The molecule has 134 valence electrons. The topological polar surface area (TPSA) is 53.9 Å². The largest absolute Gasteiger partial charge is 0.350 e. The highest BCUT2D eigenvalue weighted by molar-refractivity contribution is 9.10. The molecule has 0 aliphatic heterocycles. The summed E-state index contributed by atoms with van der Waals surface area (Å²) in [6, 6.07) is 8.11. The van der Waals surface area contributed by atoms with Gasteiger partial charge in [0.05, 0.1) is 7.05 Å². The number of carbonyl (C=O) groups excluding carboxylic acids is 2. The third-order valence-electron chi connectivity index (χ3n) is 3.54. The minimum Gasteiger partial charge on any atom is -0.350 e. The van der Waals surface area contributed by atoms with Gasteiger partial charge in [-0.3, -0.25) is 9.59 Å². The van der Waals surface area contributed by atoms with Crippen molar-refractivity contribution in [1.29, 1.82) is 0 Å². The SMILES string of the molecule is CCN(CC)C(=O)C[NH+](C)CC(=O)NCCSc1ccc(Br)cc1. The fourth-order valence-corrected chi connectivity index (χ4v) is 3.27. The molecule has 1 aromatic carbocycles. The van der Waals surface area contributed by atoms with E-state index in [0.717, 1.165) is 15.1 Å². The van der Waals surface area contributed by atoms with Gasteiger partial charge in [0.1, 0.15) is 0 Å². The lowest BCUT2D eigenvalue weighted by molar-refractivity contribution is -0.863. The van der Waals surface area contributed by atoms with Crippen molar-refractivity contribution in [3.8, 4) is 0 Å². The number of quaternary nitrogens is 1. The number of carbonyl (C=O) groups is 2. The zero-order chi connectivity index (χ0) is 17.9. The smallest absolute Gasteiger partial charge is 0.277 e. The number of amides is 2. The lowest BCUT2D eigenvalue weighted by atomic mass is 10.4. The molecule has 24 heavy (non-hydrogen) atoms.